The number of amides is 1. The number of anilines is 2. The van der Waals surface area contributed by atoms with Gasteiger partial charge in [-0.1, -0.05) is 0 Å². The first-order chi connectivity index (χ1) is 10.1. The number of carbonyl (C=O) groups is 1. The number of aromatic nitrogens is 3. The molecule has 0 aliphatic heterocycles. The van der Waals surface area contributed by atoms with E-state index in [-0.39, 0.29) is 11.9 Å². The molecule has 0 bridgehead atoms. The quantitative estimate of drug-likeness (QED) is 0.646. The maximum Gasteiger partial charge on any atom is 0.258 e. The summed E-state index contributed by atoms with van der Waals surface area (Å²) in [5, 5.41) is 7.90. The Labute approximate surface area is 121 Å². The lowest BCUT2D eigenvalue weighted by Crippen LogP contribution is -2.16. The maximum atomic E-state index is 12.5. The summed E-state index contributed by atoms with van der Waals surface area (Å²) in [6.45, 7) is 4.02. The van der Waals surface area contributed by atoms with E-state index in [4.69, 9.17) is 5.73 Å². The summed E-state index contributed by atoms with van der Waals surface area (Å²) in [5.74, 6) is 0.488. The number of benzene rings is 1. The molecule has 0 atom stereocenters. The SMILES string of the molecule is CC(C)n1nccc1NC(=O)c1c[nH]c2ccc(N)cc12. The second-order valence-corrected chi connectivity index (χ2v) is 5.22. The van der Waals surface area contributed by atoms with Crippen LogP contribution in [0.1, 0.15) is 30.2 Å². The molecule has 0 fully saturated rings. The molecule has 0 saturated carbocycles. The molecule has 1 aromatic carbocycles. The molecular formula is C15H17N5O. The average Bonchev–Trinajstić information content (AvgIpc) is 3.04. The van der Waals surface area contributed by atoms with Crippen LogP contribution in [0.2, 0.25) is 0 Å². The van der Waals surface area contributed by atoms with Crippen molar-refractivity contribution in [3.63, 3.8) is 0 Å². The van der Waals surface area contributed by atoms with Crippen LogP contribution in [0.5, 0.6) is 0 Å². The molecule has 3 aromatic rings. The van der Waals surface area contributed by atoms with Crippen LogP contribution in [-0.2, 0) is 0 Å². The van der Waals surface area contributed by atoms with Gasteiger partial charge < -0.3 is 16.0 Å². The third-order valence-corrected chi connectivity index (χ3v) is 3.35. The lowest BCUT2D eigenvalue weighted by molar-refractivity contribution is 0.102. The summed E-state index contributed by atoms with van der Waals surface area (Å²) in [6.07, 6.45) is 3.36. The van der Waals surface area contributed by atoms with Crippen molar-refractivity contribution in [2.45, 2.75) is 19.9 Å². The Morgan fingerprint density at radius 1 is 1.38 bits per heavy atom. The van der Waals surface area contributed by atoms with Crippen molar-refractivity contribution < 1.29 is 4.79 Å². The second kappa shape index (κ2) is 4.97. The third-order valence-electron chi connectivity index (χ3n) is 3.35. The van der Waals surface area contributed by atoms with Gasteiger partial charge in [-0.05, 0) is 32.0 Å². The highest BCUT2D eigenvalue weighted by atomic mass is 16.1. The minimum absolute atomic E-state index is 0.175. The van der Waals surface area contributed by atoms with Crippen molar-refractivity contribution >= 4 is 28.3 Å². The molecule has 0 unspecified atom stereocenters. The van der Waals surface area contributed by atoms with Gasteiger partial charge in [-0.25, -0.2) is 4.68 Å². The van der Waals surface area contributed by atoms with Crippen LogP contribution in [-0.4, -0.2) is 20.7 Å². The largest absolute Gasteiger partial charge is 0.399 e. The number of aromatic amines is 1. The number of nitrogen functional groups attached to an aromatic ring is 1. The van der Waals surface area contributed by atoms with Gasteiger partial charge in [0.25, 0.3) is 5.91 Å². The predicted octanol–water partition coefficient (Wildman–Crippen LogP) is 2.78. The van der Waals surface area contributed by atoms with Gasteiger partial charge in [0.15, 0.2) is 0 Å². The Hall–Kier alpha value is -2.76. The summed E-state index contributed by atoms with van der Waals surface area (Å²) < 4.78 is 1.76. The molecule has 0 aliphatic carbocycles. The predicted molar refractivity (Wildman–Crippen MR) is 83.3 cm³/mol. The summed E-state index contributed by atoms with van der Waals surface area (Å²) in [4.78, 5) is 15.5. The summed E-state index contributed by atoms with van der Waals surface area (Å²) in [6, 6.07) is 7.41. The number of fused-ring (bicyclic) bond motifs is 1. The zero-order valence-corrected chi connectivity index (χ0v) is 11.9. The molecule has 2 aromatic heterocycles. The molecule has 0 aliphatic rings. The van der Waals surface area contributed by atoms with Crippen LogP contribution in [0, 0.1) is 0 Å². The molecule has 6 nitrogen and oxygen atoms in total. The molecule has 21 heavy (non-hydrogen) atoms. The van der Waals surface area contributed by atoms with Gasteiger partial charge in [0, 0.05) is 34.9 Å². The van der Waals surface area contributed by atoms with Gasteiger partial charge in [0.2, 0.25) is 0 Å². The number of rotatable bonds is 3. The maximum absolute atomic E-state index is 12.5. The first-order valence-electron chi connectivity index (χ1n) is 6.77. The topological polar surface area (TPSA) is 88.7 Å². The number of nitrogens with two attached hydrogens (primary N) is 1. The highest BCUT2D eigenvalue weighted by molar-refractivity contribution is 6.12. The van der Waals surface area contributed by atoms with E-state index in [2.05, 4.69) is 15.4 Å². The number of nitrogens with one attached hydrogen (secondary N) is 2. The van der Waals surface area contributed by atoms with Crippen LogP contribution in [0.3, 0.4) is 0 Å². The van der Waals surface area contributed by atoms with E-state index < -0.39 is 0 Å². The third kappa shape index (κ3) is 2.35. The van der Waals surface area contributed by atoms with Gasteiger partial charge in [-0.3, -0.25) is 4.79 Å². The van der Waals surface area contributed by atoms with Crippen molar-refractivity contribution in [2.24, 2.45) is 0 Å². The lowest BCUT2D eigenvalue weighted by Gasteiger charge is -2.11. The van der Waals surface area contributed by atoms with Gasteiger partial charge in [-0.15, -0.1) is 0 Å². The fourth-order valence-electron chi connectivity index (χ4n) is 2.33. The smallest absolute Gasteiger partial charge is 0.258 e. The van der Waals surface area contributed by atoms with Gasteiger partial charge in [0.1, 0.15) is 5.82 Å². The first-order valence-corrected chi connectivity index (χ1v) is 6.77. The Balaban J connectivity index is 1.94. The highest BCUT2D eigenvalue weighted by Gasteiger charge is 2.15. The van der Waals surface area contributed by atoms with Crippen molar-refractivity contribution in [3.05, 3.63) is 42.2 Å². The average molecular weight is 283 g/mol. The number of hydrogen-bond donors (Lipinski definition) is 3. The summed E-state index contributed by atoms with van der Waals surface area (Å²) in [7, 11) is 0. The molecular weight excluding hydrogens is 266 g/mol. The summed E-state index contributed by atoms with van der Waals surface area (Å²) in [5.41, 5.74) is 7.87. The standard InChI is InChI=1S/C15H17N5O/c1-9(2)20-14(5-6-18-20)19-15(21)12-8-17-13-4-3-10(16)7-11(12)13/h3-9,17H,16H2,1-2H3,(H,19,21). The second-order valence-electron chi connectivity index (χ2n) is 5.22. The Morgan fingerprint density at radius 2 is 2.19 bits per heavy atom. The van der Waals surface area contributed by atoms with Gasteiger partial charge >= 0.3 is 0 Å². The van der Waals surface area contributed by atoms with Crippen molar-refractivity contribution in [1.29, 1.82) is 0 Å². The number of carbonyl (C=O) groups excluding carboxylic acids is 1. The molecule has 0 spiro atoms. The molecule has 108 valence electrons. The van der Waals surface area contributed by atoms with Crippen molar-refractivity contribution in [1.82, 2.24) is 14.8 Å². The van der Waals surface area contributed by atoms with E-state index in [1.165, 1.54) is 0 Å². The number of nitrogens with zero attached hydrogens (tertiary/aromatic N) is 2. The Morgan fingerprint density at radius 3 is 2.95 bits per heavy atom. The highest BCUT2D eigenvalue weighted by Crippen LogP contribution is 2.22. The normalized spacial score (nSPS) is 11.2. The molecule has 0 radical (unpaired) electrons. The molecule has 2 heterocycles. The fraction of sp³-hybridized carbons (Fsp3) is 0.200. The number of hydrogen-bond acceptors (Lipinski definition) is 3. The van der Waals surface area contributed by atoms with E-state index in [9.17, 15) is 4.79 Å². The minimum Gasteiger partial charge on any atom is -0.399 e. The fourth-order valence-corrected chi connectivity index (χ4v) is 2.33. The molecule has 4 N–H and O–H groups in total. The van der Waals surface area contributed by atoms with Crippen LogP contribution in [0.4, 0.5) is 11.5 Å². The summed E-state index contributed by atoms with van der Waals surface area (Å²) >= 11 is 0. The first kappa shape index (κ1) is 13.2. The van der Waals surface area contributed by atoms with E-state index in [1.54, 1.807) is 35.3 Å². The van der Waals surface area contributed by atoms with Crippen LogP contribution in [0.15, 0.2) is 36.7 Å². The van der Waals surface area contributed by atoms with E-state index in [0.717, 1.165) is 10.9 Å². The zero-order chi connectivity index (χ0) is 15.0. The van der Waals surface area contributed by atoms with Crippen LogP contribution >= 0.6 is 0 Å². The Kier molecular flexibility index (Phi) is 3.13. The molecule has 1 amide bonds. The molecule has 3 rings (SSSR count). The van der Waals surface area contributed by atoms with Gasteiger partial charge in [0.05, 0.1) is 11.8 Å². The van der Waals surface area contributed by atoms with Crippen molar-refractivity contribution in [3.8, 4) is 0 Å². The molecule has 0 saturated heterocycles. The van der Waals surface area contributed by atoms with Crippen LogP contribution in [0.25, 0.3) is 10.9 Å². The van der Waals surface area contributed by atoms with E-state index in [0.29, 0.717) is 17.1 Å². The Bertz CT molecular complexity index is 799. The number of H-pyrrole nitrogens is 1. The van der Waals surface area contributed by atoms with E-state index >= 15 is 0 Å². The van der Waals surface area contributed by atoms with E-state index in [1.807, 2.05) is 19.9 Å². The van der Waals surface area contributed by atoms with Gasteiger partial charge in [-0.2, -0.15) is 5.10 Å². The van der Waals surface area contributed by atoms with Crippen LogP contribution < -0.4 is 11.1 Å². The monoisotopic (exact) mass is 283 g/mol. The zero-order valence-electron chi connectivity index (χ0n) is 11.9. The minimum atomic E-state index is -0.186. The molecule has 6 heteroatoms. The van der Waals surface area contributed by atoms with Crippen molar-refractivity contribution in [2.75, 3.05) is 11.1 Å². The lowest BCUT2D eigenvalue weighted by atomic mass is 10.1.